The van der Waals surface area contributed by atoms with Crippen molar-refractivity contribution in [2.45, 2.75) is 49.6 Å². The van der Waals surface area contributed by atoms with E-state index in [1.165, 1.54) is 5.06 Å². The van der Waals surface area contributed by atoms with Gasteiger partial charge in [0.05, 0.1) is 11.1 Å². The normalized spacial score (nSPS) is 31.9. The summed E-state index contributed by atoms with van der Waals surface area (Å²) >= 11 is 0. The summed E-state index contributed by atoms with van der Waals surface area (Å²) < 4.78 is 10.7. The number of carbonyl (C=O) groups is 1. The summed E-state index contributed by atoms with van der Waals surface area (Å²) in [6, 6.07) is 0. The molecule has 0 amide bonds. The van der Waals surface area contributed by atoms with Crippen molar-refractivity contribution < 1.29 is 19.5 Å². The Balaban J connectivity index is 1.89. The molecule has 1 radical (unpaired) electrons. The molecule has 0 N–H and O–H groups in total. The third kappa shape index (κ3) is 1.90. The highest BCUT2D eigenvalue weighted by molar-refractivity contribution is 5.82. The number of piperidine rings is 1. The van der Waals surface area contributed by atoms with Crippen LogP contribution in [-0.4, -0.2) is 48.4 Å². The highest BCUT2D eigenvalue weighted by atomic mass is 16.8. The van der Waals surface area contributed by atoms with Crippen molar-refractivity contribution in [2.75, 3.05) is 26.4 Å². The summed E-state index contributed by atoms with van der Waals surface area (Å²) in [5.41, 5.74) is -0.990. The standard InChI is InChI=1S/C13H20NO4/c15-11-9-12(1-5-17-6-2-12)14(16)13(10-11)3-7-18-8-4-13/h1-10H2/i14+1. The first-order chi connectivity index (χ1) is 8.67. The van der Waals surface area contributed by atoms with Crippen molar-refractivity contribution >= 4 is 5.78 Å². The van der Waals surface area contributed by atoms with E-state index in [2.05, 4.69) is 0 Å². The van der Waals surface area contributed by atoms with E-state index in [9.17, 15) is 10.0 Å². The van der Waals surface area contributed by atoms with Gasteiger partial charge in [-0.2, -0.15) is 0 Å². The van der Waals surface area contributed by atoms with Crippen molar-refractivity contribution in [1.29, 1.82) is 0 Å². The fraction of sp³-hybridized carbons (Fsp3) is 0.923. The molecule has 0 aliphatic carbocycles. The zero-order chi connectivity index (χ0) is 12.6. The monoisotopic (exact) mass is 255 g/mol. The van der Waals surface area contributed by atoms with Crippen molar-refractivity contribution in [3.63, 3.8) is 0 Å². The van der Waals surface area contributed by atoms with Gasteiger partial charge in [0, 0.05) is 39.3 Å². The zero-order valence-electron chi connectivity index (χ0n) is 10.7. The second-order valence-corrected chi connectivity index (χ2v) is 5.86. The fourth-order valence-corrected chi connectivity index (χ4v) is 3.71. The predicted molar refractivity (Wildman–Crippen MR) is 62.3 cm³/mol. The van der Waals surface area contributed by atoms with Gasteiger partial charge in [-0.15, -0.1) is 10.3 Å². The first kappa shape index (κ1) is 12.5. The van der Waals surface area contributed by atoms with Gasteiger partial charge in [0.1, 0.15) is 5.78 Å². The summed E-state index contributed by atoms with van der Waals surface area (Å²) in [6.07, 6.45) is 3.55. The van der Waals surface area contributed by atoms with Crippen molar-refractivity contribution in [2.24, 2.45) is 0 Å². The number of ketones is 1. The van der Waals surface area contributed by atoms with Crippen molar-refractivity contribution in [1.82, 2.24) is 5.06 Å². The Labute approximate surface area is 107 Å². The lowest BCUT2D eigenvalue weighted by Gasteiger charge is -2.54. The second-order valence-electron chi connectivity index (χ2n) is 5.86. The summed E-state index contributed by atoms with van der Waals surface area (Å²) in [7, 11) is 0. The Morgan fingerprint density at radius 3 is 1.61 bits per heavy atom. The van der Waals surface area contributed by atoms with E-state index >= 15 is 0 Å². The predicted octanol–water partition coefficient (Wildman–Crippen LogP) is 1.10. The maximum absolute atomic E-state index is 12.9. The van der Waals surface area contributed by atoms with Crippen LogP contribution in [0.2, 0.25) is 0 Å². The number of hydrogen-bond donors (Lipinski definition) is 0. The van der Waals surface area contributed by atoms with Crippen molar-refractivity contribution in [3.05, 3.63) is 0 Å². The number of carbonyl (C=O) groups excluding carboxylic acids is 1. The molecule has 3 aliphatic rings. The minimum atomic E-state index is -0.495. The molecule has 0 saturated carbocycles. The number of nitrogens with zero attached hydrogens (tertiary/aromatic N) is 1. The Bertz CT molecular complexity index is 302. The van der Waals surface area contributed by atoms with E-state index < -0.39 is 11.1 Å². The molecule has 3 heterocycles. The van der Waals surface area contributed by atoms with Gasteiger partial charge in [0.2, 0.25) is 0 Å². The quantitative estimate of drug-likeness (QED) is 0.608. The molecule has 3 saturated heterocycles. The fourth-order valence-electron chi connectivity index (χ4n) is 3.71. The lowest BCUT2D eigenvalue weighted by Crippen LogP contribution is -2.66. The molecule has 0 unspecified atom stereocenters. The van der Waals surface area contributed by atoms with Crippen LogP contribution in [-0.2, 0) is 19.5 Å². The molecular formula is C13H20NO4. The SMILES string of the molecule is [O][15N]1C2(CCOCC2)CC(=O)CC12CCOCC2. The molecule has 2 spiro atoms. The van der Waals surface area contributed by atoms with Crippen LogP contribution in [0.15, 0.2) is 0 Å². The van der Waals surface area contributed by atoms with Crippen LogP contribution in [0.5, 0.6) is 0 Å². The zero-order valence-corrected chi connectivity index (χ0v) is 10.7. The average Bonchev–Trinajstić information content (AvgIpc) is 2.38. The van der Waals surface area contributed by atoms with E-state index in [0.29, 0.717) is 65.0 Å². The minimum absolute atomic E-state index is 0.242. The molecule has 0 bridgehead atoms. The summed E-state index contributed by atoms with van der Waals surface area (Å²) in [4.78, 5) is 12.1. The van der Waals surface area contributed by atoms with Crippen molar-refractivity contribution in [3.8, 4) is 0 Å². The lowest BCUT2D eigenvalue weighted by molar-refractivity contribution is -0.320. The van der Waals surface area contributed by atoms with E-state index in [0.717, 1.165) is 0 Å². The Morgan fingerprint density at radius 1 is 0.833 bits per heavy atom. The molecular weight excluding hydrogens is 235 g/mol. The lowest BCUT2D eigenvalue weighted by atomic mass is 9.74. The van der Waals surface area contributed by atoms with Gasteiger partial charge >= 0.3 is 0 Å². The molecule has 3 rings (SSSR count). The van der Waals surface area contributed by atoms with Gasteiger partial charge in [-0.05, 0) is 25.7 Å². The van der Waals surface area contributed by atoms with E-state index in [1.54, 1.807) is 0 Å². The molecule has 18 heavy (non-hydrogen) atoms. The second kappa shape index (κ2) is 4.56. The smallest absolute Gasteiger partial charge is 0.136 e. The van der Waals surface area contributed by atoms with Crippen LogP contribution in [0.3, 0.4) is 0 Å². The first-order valence-electron chi connectivity index (χ1n) is 6.82. The molecule has 0 aromatic heterocycles. The highest BCUT2D eigenvalue weighted by Crippen LogP contribution is 2.45. The molecule has 0 atom stereocenters. The maximum Gasteiger partial charge on any atom is 0.136 e. The third-order valence-electron chi connectivity index (χ3n) is 4.76. The van der Waals surface area contributed by atoms with E-state index in [-0.39, 0.29) is 5.78 Å². The number of hydrogen-bond acceptors (Lipinski definition) is 4. The van der Waals surface area contributed by atoms with Gasteiger partial charge in [0.15, 0.2) is 0 Å². The maximum atomic E-state index is 12.9. The van der Waals surface area contributed by atoms with Crippen LogP contribution in [0.4, 0.5) is 0 Å². The van der Waals surface area contributed by atoms with Crippen LogP contribution in [0, 0.1) is 0 Å². The Hall–Kier alpha value is -0.490. The molecule has 0 aromatic carbocycles. The van der Waals surface area contributed by atoms with Crippen LogP contribution < -0.4 is 0 Å². The van der Waals surface area contributed by atoms with Crippen LogP contribution in [0.1, 0.15) is 38.5 Å². The van der Waals surface area contributed by atoms with Gasteiger partial charge in [-0.25, -0.2) is 0 Å². The molecule has 101 valence electrons. The number of Topliss-reactive ketones (excluding diaryl/α,β-unsaturated/α-hetero) is 1. The molecule has 3 aliphatic heterocycles. The van der Waals surface area contributed by atoms with E-state index in [4.69, 9.17) is 9.47 Å². The summed E-state index contributed by atoms with van der Waals surface area (Å²) in [5, 5.41) is 14.2. The van der Waals surface area contributed by atoms with Crippen LogP contribution >= 0.6 is 0 Å². The molecule has 3 fully saturated rings. The number of rotatable bonds is 0. The Morgan fingerprint density at radius 2 is 1.22 bits per heavy atom. The number of hydroxylamine groups is 2. The largest absolute Gasteiger partial charge is 0.381 e. The third-order valence-corrected chi connectivity index (χ3v) is 4.76. The summed E-state index contributed by atoms with van der Waals surface area (Å²) in [6.45, 7) is 2.38. The molecule has 0 aromatic rings. The number of ether oxygens (including phenoxy) is 2. The Kier molecular flexibility index (Phi) is 3.18. The topological polar surface area (TPSA) is 58.7 Å². The van der Waals surface area contributed by atoms with Crippen LogP contribution in [0.25, 0.3) is 0 Å². The highest BCUT2D eigenvalue weighted by Gasteiger charge is 2.55. The first-order valence-corrected chi connectivity index (χ1v) is 6.82. The minimum Gasteiger partial charge on any atom is -0.381 e. The summed E-state index contributed by atoms with van der Waals surface area (Å²) in [5.74, 6) is 0.242. The molecule has 5 heteroatoms. The van der Waals surface area contributed by atoms with E-state index in [1.807, 2.05) is 0 Å². The van der Waals surface area contributed by atoms with Gasteiger partial charge < -0.3 is 9.47 Å². The molecule has 5 nitrogen and oxygen atoms in total. The van der Waals surface area contributed by atoms with Gasteiger partial charge in [0.25, 0.3) is 0 Å². The van der Waals surface area contributed by atoms with Gasteiger partial charge in [-0.3, -0.25) is 4.79 Å². The van der Waals surface area contributed by atoms with Gasteiger partial charge in [-0.1, -0.05) is 0 Å². The average molecular weight is 255 g/mol.